The van der Waals surface area contributed by atoms with Crippen molar-refractivity contribution >= 4 is 29.3 Å². The second-order valence-electron chi connectivity index (χ2n) is 4.23. The van der Waals surface area contributed by atoms with Gasteiger partial charge in [0.25, 0.3) is 0 Å². The van der Waals surface area contributed by atoms with Gasteiger partial charge in [0.05, 0.1) is 0 Å². The highest BCUT2D eigenvalue weighted by Crippen LogP contribution is 2.18. The molecule has 1 aromatic heterocycles. The smallest absolute Gasteiger partial charge is 0.326 e. The number of carbonyl (C=O) groups is 2. The molecule has 1 atom stereocenters. The molecular weight excluding hydrogens is 250 g/mol. The molecule has 1 fully saturated rings. The van der Waals surface area contributed by atoms with E-state index >= 15 is 0 Å². The molecular formula is C13H15NO3S. The summed E-state index contributed by atoms with van der Waals surface area (Å²) < 4.78 is 0. The van der Waals surface area contributed by atoms with Crippen LogP contribution in [0.25, 0.3) is 6.08 Å². The summed E-state index contributed by atoms with van der Waals surface area (Å²) in [5.41, 5.74) is 0. The Morgan fingerprint density at radius 3 is 2.94 bits per heavy atom. The van der Waals surface area contributed by atoms with Crippen LogP contribution < -0.4 is 0 Å². The summed E-state index contributed by atoms with van der Waals surface area (Å²) in [5.74, 6) is -1.12. The van der Waals surface area contributed by atoms with Gasteiger partial charge in [0, 0.05) is 17.5 Å². The molecule has 0 saturated carbocycles. The first-order valence-corrected chi connectivity index (χ1v) is 6.81. The number of carbonyl (C=O) groups excluding carboxylic acids is 1. The fourth-order valence-electron chi connectivity index (χ4n) is 2.09. The fourth-order valence-corrected chi connectivity index (χ4v) is 2.71. The third kappa shape index (κ3) is 2.98. The van der Waals surface area contributed by atoms with E-state index in [9.17, 15) is 9.59 Å². The lowest BCUT2D eigenvalue weighted by Gasteiger charge is -2.32. The van der Waals surface area contributed by atoms with Crippen LogP contribution in [0.15, 0.2) is 23.6 Å². The lowest BCUT2D eigenvalue weighted by molar-refractivity contribution is -0.150. The third-order valence-electron chi connectivity index (χ3n) is 3.00. The Labute approximate surface area is 110 Å². The number of amides is 1. The van der Waals surface area contributed by atoms with Crippen molar-refractivity contribution in [2.45, 2.75) is 25.3 Å². The summed E-state index contributed by atoms with van der Waals surface area (Å²) >= 11 is 1.54. The number of aliphatic carboxylic acids is 1. The summed E-state index contributed by atoms with van der Waals surface area (Å²) in [4.78, 5) is 25.5. The summed E-state index contributed by atoms with van der Waals surface area (Å²) in [7, 11) is 0. The number of carboxylic acid groups (broad SMARTS) is 1. The third-order valence-corrected chi connectivity index (χ3v) is 3.84. The number of nitrogens with zero attached hydrogens (tertiary/aromatic N) is 1. The SMILES string of the molecule is O=C(O)[C@@H]1CCCCN1C(=O)C=Cc1cccs1. The number of hydrogen-bond donors (Lipinski definition) is 1. The molecule has 2 rings (SSSR count). The molecule has 1 aliphatic heterocycles. The Morgan fingerprint density at radius 1 is 1.44 bits per heavy atom. The van der Waals surface area contributed by atoms with Gasteiger partial charge >= 0.3 is 5.97 Å². The molecule has 0 aromatic carbocycles. The van der Waals surface area contributed by atoms with Gasteiger partial charge in [-0.3, -0.25) is 4.79 Å². The monoisotopic (exact) mass is 265 g/mol. The highest BCUT2D eigenvalue weighted by atomic mass is 32.1. The number of thiophene rings is 1. The van der Waals surface area contributed by atoms with E-state index in [1.54, 1.807) is 17.4 Å². The maximum absolute atomic E-state index is 12.0. The van der Waals surface area contributed by atoms with Gasteiger partial charge in [-0.25, -0.2) is 4.79 Å². The maximum Gasteiger partial charge on any atom is 0.326 e. The molecule has 2 heterocycles. The summed E-state index contributed by atoms with van der Waals surface area (Å²) in [6, 6.07) is 3.16. The molecule has 0 aliphatic carbocycles. The van der Waals surface area contributed by atoms with Crippen LogP contribution in [-0.2, 0) is 9.59 Å². The molecule has 18 heavy (non-hydrogen) atoms. The number of likely N-dealkylation sites (tertiary alicyclic amines) is 1. The van der Waals surface area contributed by atoms with E-state index in [1.807, 2.05) is 17.5 Å². The first-order valence-electron chi connectivity index (χ1n) is 5.93. The topological polar surface area (TPSA) is 57.6 Å². The average Bonchev–Trinajstić information content (AvgIpc) is 2.89. The molecule has 0 unspecified atom stereocenters. The first kappa shape index (κ1) is 12.8. The van der Waals surface area contributed by atoms with Crippen LogP contribution in [0.5, 0.6) is 0 Å². The highest BCUT2D eigenvalue weighted by molar-refractivity contribution is 7.10. The molecule has 0 bridgehead atoms. The van der Waals surface area contributed by atoms with Crippen molar-refractivity contribution in [3.63, 3.8) is 0 Å². The number of hydrogen-bond acceptors (Lipinski definition) is 3. The van der Waals surface area contributed by atoms with Crippen molar-refractivity contribution in [3.8, 4) is 0 Å². The van der Waals surface area contributed by atoms with Crippen LogP contribution in [-0.4, -0.2) is 34.5 Å². The summed E-state index contributed by atoms with van der Waals surface area (Å²) in [6.45, 7) is 0.532. The van der Waals surface area contributed by atoms with E-state index in [0.29, 0.717) is 13.0 Å². The molecule has 1 aromatic rings. The van der Waals surface area contributed by atoms with Crippen LogP contribution in [0.2, 0.25) is 0 Å². The number of carboxylic acids is 1. The minimum atomic E-state index is -0.910. The predicted molar refractivity (Wildman–Crippen MR) is 70.3 cm³/mol. The van der Waals surface area contributed by atoms with Crippen molar-refractivity contribution in [2.75, 3.05) is 6.54 Å². The predicted octanol–water partition coefficient (Wildman–Crippen LogP) is 2.23. The lowest BCUT2D eigenvalue weighted by Crippen LogP contribution is -2.47. The zero-order valence-corrected chi connectivity index (χ0v) is 10.7. The Bertz CT molecular complexity index is 453. The molecule has 1 N–H and O–H groups in total. The zero-order chi connectivity index (χ0) is 13.0. The molecule has 0 radical (unpaired) electrons. The minimum Gasteiger partial charge on any atom is -0.480 e. The van der Waals surface area contributed by atoms with E-state index in [4.69, 9.17) is 5.11 Å². The second-order valence-corrected chi connectivity index (χ2v) is 5.21. The van der Waals surface area contributed by atoms with E-state index in [2.05, 4.69) is 0 Å². The largest absolute Gasteiger partial charge is 0.480 e. The standard InChI is InChI=1S/C13H15NO3S/c15-12(7-6-10-4-3-9-18-10)14-8-2-1-5-11(14)13(16)17/h3-4,6-7,9,11H,1-2,5,8H2,(H,16,17)/t11-/m0/s1. The normalized spacial score (nSPS) is 20.2. The molecule has 5 heteroatoms. The maximum atomic E-state index is 12.0. The van der Waals surface area contributed by atoms with Crippen molar-refractivity contribution in [1.29, 1.82) is 0 Å². The number of piperidine rings is 1. The van der Waals surface area contributed by atoms with Gasteiger partial charge in [-0.05, 0) is 36.8 Å². The van der Waals surface area contributed by atoms with Gasteiger partial charge in [0.2, 0.25) is 5.91 Å². The van der Waals surface area contributed by atoms with Crippen molar-refractivity contribution in [1.82, 2.24) is 4.90 Å². The molecule has 4 nitrogen and oxygen atoms in total. The molecule has 1 saturated heterocycles. The van der Waals surface area contributed by atoms with Gasteiger partial charge in [-0.15, -0.1) is 11.3 Å². The first-order chi connectivity index (χ1) is 8.68. The van der Waals surface area contributed by atoms with Crippen LogP contribution >= 0.6 is 11.3 Å². The Kier molecular flexibility index (Phi) is 4.15. The van der Waals surface area contributed by atoms with Gasteiger partial charge in [0.1, 0.15) is 6.04 Å². The van der Waals surface area contributed by atoms with E-state index in [0.717, 1.165) is 17.7 Å². The average molecular weight is 265 g/mol. The van der Waals surface area contributed by atoms with Gasteiger partial charge in [0.15, 0.2) is 0 Å². The highest BCUT2D eigenvalue weighted by Gasteiger charge is 2.30. The summed E-state index contributed by atoms with van der Waals surface area (Å²) in [5, 5.41) is 11.0. The Hall–Kier alpha value is -1.62. The fraction of sp³-hybridized carbons (Fsp3) is 0.385. The second kappa shape index (κ2) is 5.82. The van der Waals surface area contributed by atoms with E-state index in [1.165, 1.54) is 11.0 Å². The van der Waals surface area contributed by atoms with Crippen molar-refractivity contribution in [2.24, 2.45) is 0 Å². The lowest BCUT2D eigenvalue weighted by atomic mass is 10.0. The van der Waals surface area contributed by atoms with E-state index < -0.39 is 12.0 Å². The molecule has 1 amide bonds. The number of rotatable bonds is 3. The Morgan fingerprint density at radius 2 is 2.28 bits per heavy atom. The summed E-state index contributed by atoms with van der Waals surface area (Å²) in [6.07, 6.45) is 5.50. The molecule has 1 aliphatic rings. The molecule has 0 spiro atoms. The van der Waals surface area contributed by atoms with Gasteiger partial charge in [-0.1, -0.05) is 6.07 Å². The zero-order valence-electron chi connectivity index (χ0n) is 9.91. The quantitative estimate of drug-likeness (QED) is 0.853. The minimum absolute atomic E-state index is 0.212. The Balaban J connectivity index is 2.04. The van der Waals surface area contributed by atoms with Crippen molar-refractivity contribution in [3.05, 3.63) is 28.5 Å². The van der Waals surface area contributed by atoms with Crippen LogP contribution in [0, 0.1) is 0 Å². The van der Waals surface area contributed by atoms with Crippen LogP contribution in [0.3, 0.4) is 0 Å². The van der Waals surface area contributed by atoms with Crippen LogP contribution in [0.1, 0.15) is 24.1 Å². The van der Waals surface area contributed by atoms with Crippen LogP contribution in [0.4, 0.5) is 0 Å². The molecule has 96 valence electrons. The van der Waals surface area contributed by atoms with Gasteiger partial charge in [-0.2, -0.15) is 0 Å². The van der Waals surface area contributed by atoms with E-state index in [-0.39, 0.29) is 5.91 Å². The van der Waals surface area contributed by atoms with Crippen molar-refractivity contribution < 1.29 is 14.7 Å². The van der Waals surface area contributed by atoms with Gasteiger partial charge < -0.3 is 10.0 Å².